The fourth-order valence-electron chi connectivity index (χ4n) is 4.43. The maximum absolute atomic E-state index is 5.87. The van der Waals surface area contributed by atoms with Crippen LogP contribution >= 0.6 is 0 Å². The molecule has 20 heavy (non-hydrogen) atoms. The van der Waals surface area contributed by atoms with Crippen LogP contribution in [0.2, 0.25) is 0 Å². The Kier molecular flexibility index (Phi) is 4.41. The summed E-state index contributed by atoms with van der Waals surface area (Å²) < 4.78 is 1.99. The number of aryl methyl sites for hydroxylation is 1. The third kappa shape index (κ3) is 2.77. The zero-order valence-corrected chi connectivity index (χ0v) is 12.6. The molecule has 2 aliphatic rings. The summed E-state index contributed by atoms with van der Waals surface area (Å²) in [6, 6.07) is 0.276. The van der Waals surface area contributed by atoms with Crippen molar-refractivity contribution in [2.45, 2.75) is 64.5 Å². The van der Waals surface area contributed by atoms with Crippen LogP contribution < -0.4 is 11.3 Å². The molecule has 2 aliphatic carbocycles. The topological polar surface area (TPSA) is 55.9 Å². The predicted octanol–water partition coefficient (Wildman–Crippen LogP) is 3.01. The minimum Gasteiger partial charge on any atom is -0.273 e. The molecule has 0 spiro atoms. The largest absolute Gasteiger partial charge is 0.273 e. The molecule has 1 heterocycles. The van der Waals surface area contributed by atoms with Crippen LogP contribution in [-0.4, -0.2) is 9.78 Å². The van der Waals surface area contributed by atoms with E-state index in [1.54, 1.807) is 0 Å². The number of hydrazine groups is 1. The van der Waals surface area contributed by atoms with Gasteiger partial charge in [0.25, 0.3) is 0 Å². The molecule has 112 valence electrons. The number of hydrogen-bond donors (Lipinski definition) is 2. The van der Waals surface area contributed by atoms with E-state index in [-0.39, 0.29) is 6.04 Å². The van der Waals surface area contributed by atoms with Crippen LogP contribution in [0.15, 0.2) is 12.4 Å². The van der Waals surface area contributed by atoms with E-state index < -0.39 is 0 Å². The number of nitrogens with one attached hydrogen (secondary N) is 1. The smallest absolute Gasteiger partial charge is 0.0538 e. The molecule has 1 aromatic rings. The third-order valence-corrected chi connectivity index (χ3v) is 5.57. The number of aromatic nitrogens is 2. The van der Waals surface area contributed by atoms with Gasteiger partial charge in [-0.15, -0.1) is 0 Å². The van der Waals surface area contributed by atoms with Gasteiger partial charge in [0.2, 0.25) is 0 Å². The second-order valence-electron chi connectivity index (χ2n) is 6.65. The van der Waals surface area contributed by atoms with Gasteiger partial charge >= 0.3 is 0 Å². The van der Waals surface area contributed by atoms with Crippen molar-refractivity contribution >= 4 is 0 Å². The molecule has 3 N–H and O–H groups in total. The maximum atomic E-state index is 5.87. The first-order valence-corrected chi connectivity index (χ1v) is 8.30. The van der Waals surface area contributed by atoms with Gasteiger partial charge in [0.1, 0.15) is 0 Å². The Morgan fingerprint density at radius 3 is 2.80 bits per heavy atom. The molecule has 0 aliphatic heterocycles. The van der Waals surface area contributed by atoms with E-state index in [2.05, 4.69) is 23.6 Å². The maximum Gasteiger partial charge on any atom is 0.0538 e. The Bertz CT molecular complexity index is 428. The summed E-state index contributed by atoms with van der Waals surface area (Å²) in [5.74, 6) is 8.48. The second kappa shape index (κ2) is 6.27. The normalized spacial score (nSPS) is 31.8. The lowest BCUT2D eigenvalue weighted by atomic mass is 9.65. The highest BCUT2D eigenvalue weighted by molar-refractivity contribution is 5.12. The first kappa shape index (κ1) is 14.1. The first-order valence-electron chi connectivity index (χ1n) is 8.30. The lowest BCUT2D eigenvalue weighted by Gasteiger charge is -2.41. The summed E-state index contributed by atoms with van der Waals surface area (Å²) in [6.45, 7) is 3.04. The van der Waals surface area contributed by atoms with Crippen LogP contribution in [0.1, 0.15) is 63.5 Å². The van der Waals surface area contributed by atoms with Crippen LogP contribution in [-0.2, 0) is 6.54 Å². The van der Waals surface area contributed by atoms with Crippen molar-refractivity contribution in [2.24, 2.45) is 23.6 Å². The molecule has 0 amide bonds. The van der Waals surface area contributed by atoms with Gasteiger partial charge in [-0.1, -0.05) is 25.7 Å². The van der Waals surface area contributed by atoms with Crippen molar-refractivity contribution in [2.75, 3.05) is 0 Å². The standard InChI is InChI=1S/C16H28N4/c1-2-20-11-15(10-18-20)16(19-17)14-8-7-12-5-3-4-6-13(12)9-14/h10-14,16,19H,2-9,17H2,1H3. The van der Waals surface area contributed by atoms with Gasteiger partial charge in [-0.25, -0.2) is 0 Å². The van der Waals surface area contributed by atoms with E-state index >= 15 is 0 Å². The van der Waals surface area contributed by atoms with Crippen LogP contribution in [0.3, 0.4) is 0 Å². The lowest BCUT2D eigenvalue weighted by Crippen LogP contribution is -2.38. The summed E-state index contributed by atoms with van der Waals surface area (Å²) in [7, 11) is 0. The number of fused-ring (bicyclic) bond motifs is 1. The van der Waals surface area contributed by atoms with Gasteiger partial charge in [0.15, 0.2) is 0 Å². The van der Waals surface area contributed by atoms with Crippen molar-refractivity contribution in [3.63, 3.8) is 0 Å². The molecule has 4 unspecified atom stereocenters. The second-order valence-corrected chi connectivity index (χ2v) is 6.65. The fraction of sp³-hybridized carbons (Fsp3) is 0.812. The first-order chi connectivity index (χ1) is 9.81. The molecule has 4 nitrogen and oxygen atoms in total. The van der Waals surface area contributed by atoms with Gasteiger partial charge in [-0.3, -0.25) is 16.0 Å². The quantitative estimate of drug-likeness (QED) is 0.656. The summed E-state index contributed by atoms with van der Waals surface area (Å²) in [5, 5.41) is 4.40. The number of rotatable bonds is 4. The molecule has 3 rings (SSSR count). The third-order valence-electron chi connectivity index (χ3n) is 5.57. The molecular weight excluding hydrogens is 248 g/mol. The van der Waals surface area contributed by atoms with Gasteiger partial charge in [-0.2, -0.15) is 5.10 Å². The molecule has 4 atom stereocenters. The van der Waals surface area contributed by atoms with E-state index in [4.69, 9.17) is 5.84 Å². The molecule has 0 saturated heterocycles. The molecule has 4 heteroatoms. The molecule has 0 aromatic carbocycles. The van der Waals surface area contributed by atoms with E-state index in [9.17, 15) is 0 Å². The predicted molar refractivity (Wildman–Crippen MR) is 80.8 cm³/mol. The molecular formula is C16H28N4. The van der Waals surface area contributed by atoms with Crippen LogP contribution in [0.25, 0.3) is 0 Å². The van der Waals surface area contributed by atoms with E-state index in [1.807, 2.05) is 10.9 Å². The number of nitrogens with zero attached hydrogens (tertiary/aromatic N) is 2. The average Bonchev–Trinajstić information content (AvgIpc) is 2.97. The van der Waals surface area contributed by atoms with Crippen LogP contribution in [0.4, 0.5) is 0 Å². The molecule has 2 saturated carbocycles. The Morgan fingerprint density at radius 2 is 2.10 bits per heavy atom. The SMILES string of the molecule is CCn1cc(C(NN)C2CCC3CCCCC3C2)cn1. The summed E-state index contributed by atoms with van der Waals surface area (Å²) in [5.41, 5.74) is 4.33. The van der Waals surface area contributed by atoms with Crippen LogP contribution in [0.5, 0.6) is 0 Å². The van der Waals surface area contributed by atoms with Crippen molar-refractivity contribution in [3.05, 3.63) is 18.0 Å². The Labute approximate surface area is 122 Å². The molecule has 2 fully saturated rings. The summed E-state index contributed by atoms with van der Waals surface area (Å²) >= 11 is 0. The minimum absolute atomic E-state index is 0.276. The minimum atomic E-state index is 0.276. The van der Waals surface area contributed by atoms with Gasteiger partial charge in [-0.05, 0) is 43.9 Å². The molecule has 0 bridgehead atoms. The average molecular weight is 276 g/mol. The molecule has 1 aromatic heterocycles. The monoisotopic (exact) mass is 276 g/mol. The highest BCUT2D eigenvalue weighted by atomic mass is 15.3. The zero-order chi connectivity index (χ0) is 13.9. The van der Waals surface area contributed by atoms with Gasteiger partial charge in [0.05, 0.1) is 12.2 Å². The zero-order valence-electron chi connectivity index (χ0n) is 12.6. The lowest BCUT2D eigenvalue weighted by molar-refractivity contribution is 0.109. The Balaban J connectivity index is 1.69. The van der Waals surface area contributed by atoms with Crippen molar-refractivity contribution < 1.29 is 0 Å². The van der Waals surface area contributed by atoms with Gasteiger partial charge in [0, 0.05) is 18.3 Å². The Hall–Kier alpha value is -0.870. The van der Waals surface area contributed by atoms with Crippen molar-refractivity contribution in [1.29, 1.82) is 0 Å². The number of nitrogens with two attached hydrogens (primary N) is 1. The van der Waals surface area contributed by atoms with Crippen LogP contribution in [0, 0.1) is 17.8 Å². The summed E-state index contributed by atoms with van der Waals surface area (Å²) in [4.78, 5) is 0. The van der Waals surface area contributed by atoms with E-state index in [0.29, 0.717) is 5.92 Å². The highest BCUT2D eigenvalue weighted by Crippen LogP contribution is 2.45. The number of hydrogen-bond acceptors (Lipinski definition) is 3. The van der Waals surface area contributed by atoms with Crippen molar-refractivity contribution in [1.82, 2.24) is 15.2 Å². The van der Waals surface area contributed by atoms with E-state index in [1.165, 1.54) is 50.5 Å². The van der Waals surface area contributed by atoms with Gasteiger partial charge < -0.3 is 0 Å². The fourth-order valence-corrected chi connectivity index (χ4v) is 4.43. The van der Waals surface area contributed by atoms with Crippen molar-refractivity contribution in [3.8, 4) is 0 Å². The summed E-state index contributed by atoms with van der Waals surface area (Å²) in [6.07, 6.45) is 14.0. The highest BCUT2D eigenvalue weighted by Gasteiger charge is 2.35. The van der Waals surface area contributed by atoms with E-state index in [0.717, 1.165) is 18.4 Å². The molecule has 0 radical (unpaired) electrons. The Morgan fingerprint density at radius 1 is 1.30 bits per heavy atom.